The second-order valence-corrected chi connectivity index (χ2v) is 6.53. The maximum absolute atomic E-state index is 12.9. The molecule has 7 nitrogen and oxygen atoms in total. The van der Waals surface area contributed by atoms with Crippen molar-refractivity contribution in [2.45, 2.75) is 5.92 Å². The predicted molar refractivity (Wildman–Crippen MR) is 115 cm³/mol. The van der Waals surface area contributed by atoms with Crippen molar-refractivity contribution in [1.82, 2.24) is 10.7 Å². The number of hydrogen-bond donors (Lipinski definition) is 3. The van der Waals surface area contributed by atoms with E-state index in [4.69, 9.17) is 12.2 Å². The van der Waals surface area contributed by atoms with Gasteiger partial charge in [-0.1, -0.05) is 60.7 Å². The van der Waals surface area contributed by atoms with E-state index in [1.54, 1.807) is 0 Å². The van der Waals surface area contributed by atoms with Crippen LogP contribution in [-0.4, -0.2) is 15.9 Å². The molecule has 3 aromatic rings. The van der Waals surface area contributed by atoms with E-state index in [0.29, 0.717) is 5.69 Å². The second kappa shape index (κ2) is 9.43. The summed E-state index contributed by atoms with van der Waals surface area (Å²) < 4.78 is 0. The summed E-state index contributed by atoms with van der Waals surface area (Å²) in [5.74, 6) is -0.790. The zero-order valence-electron chi connectivity index (χ0n) is 15.2. The fraction of sp³-hybridized carbons (Fsp3) is 0.0476. The predicted octanol–water partition coefficient (Wildman–Crippen LogP) is 3.74. The van der Waals surface area contributed by atoms with E-state index in [9.17, 15) is 14.9 Å². The molecule has 0 saturated carbocycles. The molecule has 0 radical (unpaired) electrons. The van der Waals surface area contributed by atoms with Gasteiger partial charge in [0.2, 0.25) is 5.91 Å². The molecule has 8 heteroatoms. The summed E-state index contributed by atoms with van der Waals surface area (Å²) in [6, 6.07) is 24.7. The zero-order chi connectivity index (χ0) is 20.6. The van der Waals surface area contributed by atoms with Gasteiger partial charge in [0.15, 0.2) is 5.11 Å². The number of rotatable bonds is 6. The van der Waals surface area contributed by atoms with E-state index >= 15 is 0 Å². The average molecular weight is 406 g/mol. The molecule has 0 atom stereocenters. The number of benzene rings is 3. The van der Waals surface area contributed by atoms with E-state index in [0.717, 1.165) is 11.1 Å². The average Bonchev–Trinajstić information content (AvgIpc) is 2.74. The van der Waals surface area contributed by atoms with Crippen molar-refractivity contribution >= 4 is 34.6 Å². The molecule has 0 unspecified atom stereocenters. The Morgan fingerprint density at radius 3 is 1.86 bits per heavy atom. The Morgan fingerprint density at radius 2 is 1.38 bits per heavy atom. The number of carbonyl (C=O) groups excluding carboxylic acids is 1. The van der Waals surface area contributed by atoms with Crippen LogP contribution in [0, 0.1) is 10.1 Å². The number of nitrogens with zero attached hydrogens (tertiary/aromatic N) is 1. The number of nitro groups is 1. The van der Waals surface area contributed by atoms with Crippen molar-refractivity contribution in [3.05, 3.63) is 106 Å². The molecule has 0 aromatic heterocycles. The highest BCUT2D eigenvalue weighted by molar-refractivity contribution is 7.80. The fourth-order valence-corrected chi connectivity index (χ4v) is 2.95. The smallest absolute Gasteiger partial charge is 0.269 e. The van der Waals surface area contributed by atoms with Gasteiger partial charge in [-0.05, 0) is 35.5 Å². The fourth-order valence-electron chi connectivity index (χ4n) is 2.80. The minimum atomic E-state index is -0.517. The monoisotopic (exact) mass is 406 g/mol. The molecule has 0 aliphatic heterocycles. The molecule has 0 aliphatic carbocycles. The van der Waals surface area contributed by atoms with E-state index in [-0.39, 0.29) is 16.7 Å². The Morgan fingerprint density at radius 1 is 0.862 bits per heavy atom. The molecule has 0 aliphatic rings. The highest BCUT2D eigenvalue weighted by Crippen LogP contribution is 2.24. The molecule has 29 heavy (non-hydrogen) atoms. The molecule has 3 N–H and O–H groups in total. The Bertz CT molecular complexity index is 956. The van der Waals surface area contributed by atoms with Gasteiger partial charge < -0.3 is 5.32 Å². The summed E-state index contributed by atoms with van der Waals surface area (Å²) in [5.41, 5.74) is 7.77. The molecule has 0 fully saturated rings. The van der Waals surface area contributed by atoms with Crippen LogP contribution in [0.5, 0.6) is 0 Å². The molecule has 0 spiro atoms. The third-order valence-electron chi connectivity index (χ3n) is 4.16. The summed E-state index contributed by atoms with van der Waals surface area (Å²) in [7, 11) is 0. The molecule has 3 rings (SSSR count). The zero-order valence-corrected chi connectivity index (χ0v) is 16.1. The minimum Gasteiger partial charge on any atom is -0.301 e. The summed E-state index contributed by atoms with van der Waals surface area (Å²) in [5, 5.41) is 13.5. The van der Waals surface area contributed by atoms with Crippen LogP contribution in [-0.2, 0) is 4.79 Å². The first-order chi connectivity index (χ1) is 14.0. The van der Waals surface area contributed by atoms with Crippen LogP contribution in [0.3, 0.4) is 0 Å². The summed E-state index contributed by atoms with van der Waals surface area (Å²) in [4.78, 5) is 23.2. The SMILES string of the molecule is O=C(NC(=S)NNc1ccc([N+](=O)[O-])cc1)C(c1ccccc1)c1ccccc1. The Hall–Kier alpha value is -3.78. The van der Waals surface area contributed by atoms with Crippen molar-refractivity contribution in [1.29, 1.82) is 0 Å². The van der Waals surface area contributed by atoms with Gasteiger partial charge in [0, 0.05) is 12.1 Å². The molecule has 0 bridgehead atoms. The van der Waals surface area contributed by atoms with Crippen LogP contribution in [0.2, 0.25) is 0 Å². The number of carbonyl (C=O) groups is 1. The number of hydrazine groups is 1. The highest BCUT2D eigenvalue weighted by Gasteiger charge is 2.23. The van der Waals surface area contributed by atoms with Crippen LogP contribution < -0.4 is 16.2 Å². The standard InChI is InChI=1S/C21H18N4O3S/c26-20(19(15-7-3-1-4-8-15)16-9-5-2-6-10-16)22-21(29)24-23-17-11-13-18(14-12-17)25(27)28/h1-14,19,23H,(H2,22,24,26,29). The van der Waals surface area contributed by atoms with Crippen molar-refractivity contribution in [2.75, 3.05) is 5.43 Å². The minimum absolute atomic E-state index is 0.0139. The first kappa shape index (κ1) is 20.0. The third kappa shape index (κ3) is 5.36. The molecule has 0 saturated heterocycles. The number of non-ortho nitro benzene ring substituents is 1. The Labute approximate surface area is 172 Å². The van der Waals surface area contributed by atoms with Crippen LogP contribution in [0.4, 0.5) is 11.4 Å². The second-order valence-electron chi connectivity index (χ2n) is 6.13. The number of anilines is 1. The number of amides is 1. The molecule has 146 valence electrons. The summed E-state index contributed by atoms with van der Waals surface area (Å²) in [6.45, 7) is 0. The summed E-state index contributed by atoms with van der Waals surface area (Å²) in [6.07, 6.45) is 0. The topological polar surface area (TPSA) is 96.3 Å². The Balaban J connectivity index is 1.66. The lowest BCUT2D eigenvalue weighted by atomic mass is 9.90. The molecule has 3 aromatic carbocycles. The maximum Gasteiger partial charge on any atom is 0.269 e. The van der Waals surface area contributed by atoms with Gasteiger partial charge in [-0.3, -0.25) is 25.8 Å². The lowest BCUT2D eigenvalue weighted by Gasteiger charge is -2.19. The number of nitrogens with one attached hydrogen (secondary N) is 3. The third-order valence-corrected chi connectivity index (χ3v) is 4.37. The van der Waals surface area contributed by atoms with Crippen LogP contribution in [0.15, 0.2) is 84.9 Å². The number of nitro benzene ring substituents is 1. The molecular formula is C21H18N4O3S. The van der Waals surface area contributed by atoms with Gasteiger partial charge in [0.25, 0.3) is 5.69 Å². The molecule has 1 amide bonds. The number of hydrogen-bond acceptors (Lipinski definition) is 5. The normalized spacial score (nSPS) is 10.2. The molecule has 0 heterocycles. The van der Waals surface area contributed by atoms with Gasteiger partial charge in [-0.15, -0.1) is 0 Å². The lowest BCUT2D eigenvalue weighted by molar-refractivity contribution is -0.384. The van der Waals surface area contributed by atoms with Crippen LogP contribution in [0.1, 0.15) is 17.0 Å². The van der Waals surface area contributed by atoms with Crippen LogP contribution >= 0.6 is 12.2 Å². The molecular weight excluding hydrogens is 388 g/mol. The van der Waals surface area contributed by atoms with Crippen molar-refractivity contribution in [3.63, 3.8) is 0 Å². The van der Waals surface area contributed by atoms with Crippen LogP contribution in [0.25, 0.3) is 0 Å². The Kier molecular flexibility index (Phi) is 6.49. The summed E-state index contributed by atoms with van der Waals surface area (Å²) >= 11 is 5.20. The van der Waals surface area contributed by atoms with E-state index in [1.807, 2.05) is 60.7 Å². The first-order valence-electron chi connectivity index (χ1n) is 8.76. The van der Waals surface area contributed by atoms with Gasteiger partial charge in [-0.2, -0.15) is 0 Å². The highest BCUT2D eigenvalue weighted by atomic mass is 32.1. The lowest BCUT2D eigenvalue weighted by Crippen LogP contribution is -2.44. The van der Waals surface area contributed by atoms with E-state index in [2.05, 4.69) is 16.2 Å². The van der Waals surface area contributed by atoms with Gasteiger partial charge in [0.1, 0.15) is 0 Å². The van der Waals surface area contributed by atoms with E-state index in [1.165, 1.54) is 24.3 Å². The van der Waals surface area contributed by atoms with Gasteiger partial charge >= 0.3 is 0 Å². The van der Waals surface area contributed by atoms with Crippen molar-refractivity contribution in [2.24, 2.45) is 0 Å². The number of thiocarbonyl (C=S) groups is 1. The first-order valence-corrected chi connectivity index (χ1v) is 9.16. The maximum atomic E-state index is 12.9. The van der Waals surface area contributed by atoms with Crippen molar-refractivity contribution < 1.29 is 9.72 Å². The van der Waals surface area contributed by atoms with E-state index < -0.39 is 10.8 Å². The van der Waals surface area contributed by atoms with Crippen molar-refractivity contribution in [3.8, 4) is 0 Å². The van der Waals surface area contributed by atoms with Gasteiger partial charge in [-0.25, -0.2) is 0 Å². The largest absolute Gasteiger partial charge is 0.301 e. The quantitative estimate of drug-likeness (QED) is 0.328. The van der Waals surface area contributed by atoms with Gasteiger partial charge in [0.05, 0.1) is 16.5 Å².